The Labute approximate surface area is 123 Å². The lowest BCUT2D eigenvalue weighted by Gasteiger charge is -2.14. The van der Waals surface area contributed by atoms with Crippen LogP contribution in [0.1, 0.15) is 23.2 Å². The molecule has 0 aromatic heterocycles. The summed E-state index contributed by atoms with van der Waals surface area (Å²) in [6.45, 7) is 0.747. The van der Waals surface area contributed by atoms with Crippen LogP contribution >= 0.6 is 0 Å². The molecule has 1 saturated heterocycles. The molecule has 1 aromatic carbocycles. The summed E-state index contributed by atoms with van der Waals surface area (Å²) >= 11 is 0. The molecule has 3 rings (SSSR count). The van der Waals surface area contributed by atoms with Crippen LogP contribution in [0.5, 0.6) is 0 Å². The summed E-state index contributed by atoms with van der Waals surface area (Å²) in [6, 6.07) is 6.96. The molecule has 2 atom stereocenters. The topological polar surface area (TPSA) is 93.4 Å². The maximum Gasteiger partial charge on any atom is 0.251 e. The van der Waals surface area contributed by atoms with Crippen molar-refractivity contribution in [1.29, 1.82) is 0 Å². The van der Waals surface area contributed by atoms with Gasteiger partial charge >= 0.3 is 0 Å². The average molecular weight is 289 g/mol. The van der Waals surface area contributed by atoms with Crippen LogP contribution in [0.25, 0.3) is 0 Å². The van der Waals surface area contributed by atoms with Crippen molar-refractivity contribution in [2.45, 2.75) is 24.9 Å². The van der Waals surface area contributed by atoms with Gasteiger partial charge in [-0.3, -0.25) is 9.59 Å². The maximum atomic E-state index is 12.1. The van der Waals surface area contributed by atoms with Gasteiger partial charge in [0.1, 0.15) is 0 Å². The lowest BCUT2D eigenvalue weighted by Crippen LogP contribution is -2.37. The van der Waals surface area contributed by atoms with Gasteiger partial charge in [-0.2, -0.15) is 0 Å². The zero-order valence-corrected chi connectivity index (χ0v) is 11.7. The van der Waals surface area contributed by atoms with E-state index in [4.69, 9.17) is 10.5 Å². The first-order valence-corrected chi connectivity index (χ1v) is 7.18. The molecule has 112 valence electrons. The number of ether oxygens (including phenoxy) is 1. The summed E-state index contributed by atoms with van der Waals surface area (Å²) in [5, 5.41) is 5.72. The first kappa shape index (κ1) is 14.0. The molecule has 6 heteroatoms. The quantitative estimate of drug-likeness (QED) is 0.752. The standard InChI is InChI=1S/C15H19N3O3/c16-13-8-21-7-12(13)15(20)18-11-3-1-2-9(6-11)14(19)17-10-4-5-10/h1-3,6,10,12-13H,4-5,7-8,16H2,(H,17,19)(H,18,20). The molecule has 0 bridgehead atoms. The molecule has 1 heterocycles. The average Bonchev–Trinajstić information content (AvgIpc) is 3.17. The molecule has 21 heavy (non-hydrogen) atoms. The number of hydrogen-bond acceptors (Lipinski definition) is 4. The Kier molecular flexibility index (Phi) is 3.90. The van der Waals surface area contributed by atoms with Crippen molar-refractivity contribution in [2.24, 2.45) is 11.7 Å². The van der Waals surface area contributed by atoms with E-state index in [1.165, 1.54) is 0 Å². The van der Waals surface area contributed by atoms with Crippen molar-refractivity contribution in [3.63, 3.8) is 0 Å². The van der Waals surface area contributed by atoms with Gasteiger partial charge in [-0.05, 0) is 31.0 Å². The van der Waals surface area contributed by atoms with Crippen LogP contribution in [-0.2, 0) is 9.53 Å². The van der Waals surface area contributed by atoms with E-state index >= 15 is 0 Å². The molecule has 0 radical (unpaired) electrons. The summed E-state index contributed by atoms with van der Waals surface area (Å²) in [7, 11) is 0. The summed E-state index contributed by atoms with van der Waals surface area (Å²) in [5.74, 6) is -0.608. The Balaban J connectivity index is 1.65. The predicted octanol–water partition coefficient (Wildman–Crippen LogP) is 0.491. The molecule has 2 aliphatic rings. The SMILES string of the molecule is NC1COCC1C(=O)Nc1cccc(C(=O)NC2CC2)c1. The molecule has 1 saturated carbocycles. The second-order valence-electron chi connectivity index (χ2n) is 5.63. The highest BCUT2D eigenvalue weighted by Gasteiger charge is 2.31. The summed E-state index contributed by atoms with van der Waals surface area (Å²) in [6.07, 6.45) is 2.09. The van der Waals surface area contributed by atoms with Crippen LogP contribution in [0, 0.1) is 5.92 Å². The number of amides is 2. The Morgan fingerprint density at radius 3 is 2.71 bits per heavy atom. The minimum Gasteiger partial charge on any atom is -0.379 e. The number of nitrogens with one attached hydrogen (secondary N) is 2. The Hall–Kier alpha value is -1.92. The van der Waals surface area contributed by atoms with Crippen molar-refractivity contribution < 1.29 is 14.3 Å². The van der Waals surface area contributed by atoms with Gasteiger partial charge in [0.05, 0.1) is 19.1 Å². The van der Waals surface area contributed by atoms with Crippen LogP contribution in [0.2, 0.25) is 0 Å². The first-order chi connectivity index (χ1) is 10.1. The molecule has 0 spiro atoms. The summed E-state index contributed by atoms with van der Waals surface area (Å²) in [4.78, 5) is 24.1. The lowest BCUT2D eigenvalue weighted by molar-refractivity contribution is -0.120. The van der Waals surface area contributed by atoms with Crippen LogP contribution in [0.15, 0.2) is 24.3 Å². The van der Waals surface area contributed by atoms with Crippen LogP contribution in [-0.4, -0.2) is 37.1 Å². The Morgan fingerprint density at radius 1 is 1.24 bits per heavy atom. The monoisotopic (exact) mass is 289 g/mol. The van der Waals surface area contributed by atoms with Crippen LogP contribution in [0.4, 0.5) is 5.69 Å². The fourth-order valence-electron chi connectivity index (χ4n) is 2.31. The molecular formula is C15H19N3O3. The van der Waals surface area contributed by atoms with E-state index in [0.29, 0.717) is 30.5 Å². The van der Waals surface area contributed by atoms with E-state index in [0.717, 1.165) is 12.8 Å². The van der Waals surface area contributed by atoms with Gasteiger partial charge in [0.25, 0.3) is 5.91 Å². The lowest BCUT2D eigenvalue weighted by atomic mass is 10.0. The van der Waals surface area contributed by atoms with Gasteiger partial charge in [0.15, 0.2) is 0 Å². The fourth-order valence-corrected chi connectivity index (χ4v) is 2.31. The molecule has 1 aliphatic carbocycles. The molecule has 2 unspecified atom stereocenters. The van der Waals surface area contributed by atoms with Crippen molar-refractivity contribution in [3.8, 4) is 0 Å². The highest BCUT2D eigenvalue weighted by atomic mass is 16.5. The number of hydrogen-bond donors (Lipinski definition) is 3. The molecule has 1 aliphatic heterocycles. The van der Waals surface area contributed by atoms with Gasteiger partial charge < -0.3 is 21.1 Å². The second-order valence-corrected chi connectivity index (χ2v) is 5.63. The van der Waals surface area contributed by atoms with E-state index in [-0.39, 0.29) is 23.8 Å². The van der Waals surface area contributed by atoms with Crippen molar-refractivity contribution in [1.82, 2.24) is 5.32 Å². The zero-order chi connectivity index (χ0) is 14.8. The summed E-state index contributed by atoms with van der Waals surface area (Å²) < 4.78 is 5.19. The van der Waals surface area contributed by atoms with E-state index in [9.17, 15) is 9.59 Å². The number of carbonyl (C=O) groups is 2. The minimum absolute atomic E-state index is 0.102. The fraction of sp³-hybridized carbons (Fsp3) is 0.467. The second kappa shape index (κ2) is 5.83. The van der Waals surface area contributed by atoms with Crippen molar-refractivity contribution in [3.05, 3.63) is 29.8 Å². The first-order valence-electron chi connectivity index (χ1n) is 7.18. The smallest absolute Gasteiger partial charge is 0.251 e. The van der Waals surface area contributed by atoms with E-state index < -0.39 is 0 Å². The Bertz CT molecular complexity index is 557. The molecule has 2 fully saturated rings. The van der Waals surface area contributed by atoms with Gasteiger partial charge in [-0.15, -0.1) is 0 Å². The maximum absolute atomic E-state index is 12.1. The Morgan fingerprint density at radius 2 is 2.05 bits per heavy atom. The zero-order valence-electron chi connectivity index (χ0n) is 11.7. The number of carbonyl (C=O) groups excluding carboxylic acids is 2. The number of anilines is 1. The third-order valence-electron chi connectivity index (χ3n) is 3.77. The largest absolute Gasteiger partial charge is 0.379 e. The molecule has 6 nitrogen and oxygen atoms in total. The third-order valence-corrected chi connectivity index (χ3v) is 3.77. The number of nitrogens with two attached hydrogens (primary N) is 1. The van der Waals surface area contributed by atoms with E-state index in [1.54, 1.807) is 24.3 Å². The van der Waals surface area contributed by atoms with E-state index in [2.05, 4.69) is 10.6 Å². The molecule has 4 N–H and O–H groups in total. The molecular weight excluding hydrogens is 270 g/mol. The highest BCUT2D eigenvalue weighted by molar-refractivity contribution is 5.98. The summed E-state index contributed by atoms with van der Waals surface area (Å²) in [5.41, 5.74) is 6.97. The highest BCUT2D eigenvalue weighted by Crippen LogP contribution is 2.20. The van der Waals surface area contributed by atoms with Crippen molar-refractivity contribution >= 4 is 17.5 Å². The number of rotatable bonds is 4. The third kappa shape index (κ3) is 3.40. The molecule has 1 aromatic rings. The van der Waals surface area contributed by atoms with Gasteiger partial charge in [-0.1, -0.05) is 6.07 Å². The van der Waals surface area contributed by atoms with Crippen molar-refractivity contribution in [2.75, 3.05) is 18.5 Å². The molecule has 2 amide bonds. The van der Waals surface area contributed by atoms with Crippen LogP contribution in [0.3, 0.4) is 0 Å². The van der Waals surface area contributed by atoms with Gasteiger partial charge in [0, 0.05) is 23.3 Å². The normalized spacial score (nSPS) is 24.6. The van der Waals surface area contributed by atoms with Gasteiger partial charge in [-0.25, -0.2) is 0 Å². The predicted molar refractivity (Wildman–Crippen MR) is 77.8 cm³/mol. The van der Waals surface area contributed by atoms with Crippen LogP contribution < -0.4 is 16.4 Å². The minimum atomic E-state index is -0.339. The van der Waals surface area contributed by atoms with E-state index in [1.807, 2.05) is 0 Å². The van der Waals surface area contributed by atoms with Gasteiger partial charge in [0.2, 0.25) is 5.91 Å². The number of benzene rings is 1.